The van der Waals surface area contributed by atoms with E-state index in [9.17, 15) is 19.6 Å². The maximum Gasteiger partial charge on any atom is 0.408 e. The van der Waals surface area contributed by atoms with Crippen molar-refractivity contribution in [2.45, 2.75) is 91.0 Å². The van der Waals surface area contributed by atoms with Gasteiger partial charge in [-0.05, 0) is 57.2 Å². The Labute approximate surface area is 232 Å². The number of aryl methyl sites for hydroxylation is 1. The molecule has 3 unspecified atom stereocenters. The minimum atomic E-state index is -1.06. The first-order valence-corrected chi connectivity index (χ1v) is 13.6. The van der Waals surface area contributed by atoms with E-state index in [0.29, 0.717) is 5.56 Å². The third-order valence-corrected chi connectivity index (χ3v) is 6.17. The topological polar surface area (TPSA) is 112 Å². The molecule has 3 amide bonds. The molecule has 0 radical (unpaired) electrons. The van der Waals surface area contributed by atoms with Crippen molar-refractivity contribution >= 4 is 17.9 Å². The van der Waals surface area contributed by atoms with Gasteiger partial charge in [-0.3, -0.25) is 9.59 Å². The number of hydrogen-bond donors (Lipinski definition) is 2. The van der Waals surface area contributed by atoms with Crippen molar-refractivity contribution in [1.29, 1.82) is 5.26 Å². The van der Waals surface area contributed by atoms with E-state index in [0.717, 1.165) is 30.4 Å². The van der Waals surface area contributed by atoms with E-state index in [4.69, 9.17) is 4.74 Å². The van der Waals surface area contributed by atoms with Crippen LogP contribution in [0.5, 0.6) is 0 Å². The average molecular weight is 535 g/mol. The molecular formula is C31H42N4O4. The number of rotatable bonds is 12. The summed E-state index contributed by atoms with van der Waals surface area (Å²) in [5, 5.41) is 15.4. The summed E-state index contributed by atoms with van der Waals surface area (Å²) in [6, 6.07) is 16.5. The molecule has 0 saturated heterocycles. The zero-order valence-corrected chi connectivity index (χ0v) is 24.0. The first kappa shape index (κ1) is 31.4. The van der Waals surface area contributed by atoms with Crippen molar-refractivity contribution in [1.82, 2.24) is 15.5 Å². The van der Waals surface area contributed by atoms with Crippen LogP contribution in [0, 0.1) is 11.3 Å². The Balaban J connectivity index is 2.52. The second-order valence-electron chi connectivity index (χ2n) is 10.7. The lowest BCUT2D eigenvalue weighted by Crippen LogP contribution is -2.54. The first-order valence-electron chi connectivity index (χ1n) is 13.6. The fourth-order valence-electron chi connectivity index (χ4n) is 4.31. The van der Waals surface area contributed by atoms with Crippen LogP contribution in [-0.2, 0) is 27.2 Å². The van der Waals surface area contributed by atoms with E-state index in [1.54, 1.807) is 20.8 Å². The maximum atomic E-state index is 14.1. The average Bonchev–Trinajstić information content (AvgIpc) is 2.87. The number of nitrogens with zero attached hydrogens (tertiary/aromatic N) is 2. The predicted molar refractivity (Wildman–Crippen MR) is 152 cm³/mol. The van der Waals surface area contributed by atoms with E-state index >= 15 is 0 Å². The summed E-state index contributed by atoms with van der Waals surface area (Å²) in [7, 11) is 0. The number of hydrogen-bond acceptors (Lipinski definition) is 5. The van der Waals surface area contributed by atoms with Gasteiger partial charge in [-0.2, -0.15) is 5.26 Å². The second-order valence-corrected chi connectivity index (χ2v) is 10.7. The molecular weight excluding hydrogens is 492 g/mol. The van der Waals surface area contributed by atoms with Gasteiger partial charge in [-0.25, -0.2) is 4.79 Å². The molecule has 0 heterocycles. The largest absolute Gasteiger partial charge is 0.444 e. The Morgan fingerprint density at radius 3 is 2.15 bits per heavy atom. The van der Waals surface area contributed by atoms with Crippen LogP contribution in [0.4, 0.5) is 4.79 Å². The van der Waals surface area contributed by atoms with Crippen LogP contribution >= 0.6 is 0 Å². The number of nitriles is 1. The maximum absolute atomic E-state index is 14.1. The summed E-state index contributed by atoms with van der Waals surface area (Å²) >= 11 is 0. The lowest BCUT2D eigenvalue weighted by molar-refractivity contribution is -0.142. The van der Waals surface area contributed by atoms with Crippen molar-refractivity contribution < 1.29 is 19.1 Å². The molecule has 39 heavy (non-hydrogen) atoms. The Hall–Kier alpha value is -3.86. The van der Waals surface area contributed by atoms with Crippen LogP contribution in [0.3, 0.4) is 0 Å². The van der Waals surface area contributed by atoms with Crippen LogP contribution in [0.1, 0.15) is 77.1 Å². The molecule has 0 aliphatic heterocycles. The normalized spacial score (nSPS) is 13.4. The van der Waals surface area contributed by atoms with E-state index in [1.165, 1.54) is 4.90 Å². The van der Waals surface area contributed by atoms with Gasteiger partial charge in [-0.15, -0.1) is 0 Å². The van der Waals surface area contributed by atoms with Gasteiger partial charge in [0.05, 0.1) is 6.07 Å². The highest BCUT2D eigenvalue weighted by Crippen LogP contribution is 2.24. The number of carbonyl (C=O) groups is 3. The molecule has 2 rings (SSSR count). The fourth-order valence-corrected chi connectivity index (χ4v) is 4.31. The standard InChI is InChI=1S/C31H42N4O4/c1-7-12-22(3)33-28(36)27(25-17-15-23(8-2)16-18-25)35(20-19-32)29(37)26(21-24-13-10-9-11-14-24)34-30(38)39-31(4,5)6/h9-11,13-18,22,26-27H,7-8,12,20-21H2,1-6H3,(H,33,36)(H,34,38). The Bertz CT molecular complexity index is 1120. The van der Waals surface area contributed by atoms with E-state index in [2.05, 4.69) is 10.6 Å². The first-order chi connectivity index (χ1) is 18.5. The summed E-state index contributed by atoms with van der Waals surface area (Å²) < 4.78 is 5.43. The van der Waals surface area contributed by atoms with E-state index in [-0.39, 0.29) is 24.9 Å². The molecule has 0 aliphatic rings. The van der Waals surface area contributed by atoms with Gasteiger partial charge in [0, 0.05) is 12.5 Å². The van der Waals surface area contributed by atoms with Gasteiger partial charge in [-0.1, -0.05) is 74.9 Å². The summed E-state index contributed by atoms with van der Waals surface area (Å²) in [5.41, 5.74) is 1.72. The van der Waals surface area contributed by atoms with Crippen molar-refractivity contribution in [3.8, 4) is 6.07 Å². The SMILES string of the molecule is CCCC(C)NC(=O)C(c1ccc(CC)cc1)N(CC#N)C(=O)C(Cc1ccccc1)NC(=O)OC(C)(C)C. The minimum Gasteiger partial charge on any atom is -0.444 e. The molecule has 2 N–H and O–H groups in total. The lowest BCUT2D eigenvalue weighted by atomic mass is 9.98. The number of alkyl carbamates (subject to hydrolysis) is 1. The Morgan fingerprint density at radius 1 is 0.974 bits per heavy atom. The van der Waals surface area contributed by atoms with Gasteiger partial charge in [0.2, 0.25) is 11.8 Å². The van der Waals surface area contributed by atoms with Gasteiger partial charge in [0.25, 0.3) is 0 Å². The highest BCUT2D eigenvalue weighted by molar-refractivity contribution is 5.92. The van der Waals surface area contributed by atoms with Crippen molar-refractivity contribution in [3.05, 3.63) is 71.3 Å². The zero-order chi connectivity index (χ0) is 29.0. The zero-order valence-electron chi connectivity index (χ0n) is 24.0. The third-order valence-electron chi connectivity index (χ3n) is 6.17. The molecule has 0 aliphatic carbocycles. The van der Waals surface area contributed by atoms with E-state index < -0.39 is 29.7 Å². The number of carbonyl (C=O) groups excluding carboxylic acids is 3. The monoisotopic (exact) mass is 534 g/mol. The van der Waals surface area contributed by atoms with Crippen LogP contribution < -0.4 is 10.6 Å². The number of amides is 3. The van der Waals surface area contributed by atoms with Gasteiger partial charge in [0.15, 0.2) is 0 Å². The van der Waals surface area contributed by atoms with Crippen LogP contribution in [0.15, 0.2) is 54.6 Å². The predicted octanol–water partition coefficient (Wildman–Crippen LogP) is 5.08. The van der Waals surface area contributed by atoms with Gasteiger partial charge < -0.3 is 20.3 Å². The van der Waals surface area contributed by atoms with Crippen molar-refractivity contribution in [3.63, 3.8) is 0 Å². The molecule has 3 atom stereocenters. The molecule has 2 aromatic rings. The molecule has 210 valence electrons. The highest BCUT2D eigenvalue weighted by atomic mass is 16.6. The Kier molecular flexibility index (Phi) is 12.0. The quantitative estimate of drug-likeness (QED) is 0.369. The number of benzene rings is 2. The number of nitrogens with one attached hydrogen (secondary N) is 2. The highest BCUT2D eigenvalue weighted by Gasteiger charge is 2.36. The van der Waals surface area contributed by atoms with E-state index in [1.807, 2.05) is 81.4 Å². The molecule has 2 aromatic carbocycles. The van der Waals surface area contributed by atoms with Crippen LogP contribution in [-0.4, -0.2) is 47.0 Å². The smallest absolute Gasteiger partial charge is 0.408 e. The van der Waals surface area contributed by atoms with Gasteiger partial charge in [0.1, 0.15) is 24.2 Å². The minimum absolute atomic E-state index is 0.112. The number of ether oxygens (including phenoxy) is 1. The summed E-state index contributed by atoms with van der Waals surface area (Å²) in [5.74, 6) is -0.923. The van der Waals surface area contributed by atoms with Crippen LogP contribution in [0.25, 0.3) is 0 Å². The molecule has 0 fully saturated rings. The Morgan fingerprint density at radius 2 is 1.62 bits per heavy atom. The third kappa shape index (κ3) is 10.1. The summed E-state index contributed by atoms with van der Waals surface area (Å²) in [6.07, 6.45) is 1.90. The fraction of sp³-hybridized carbons (Fsp3) is 0.484. The molecule has 0 bridgehead atoms. The van der Waals surface area contributed by atoms with Gasteiger partial charge >= 0.3 is 6.09 Å². The molecule has 8 nitrogen and oxygen atoms in total. The van der Waals surface area contributed by atoms with Crippen molar-refractivity contribution in [2.75, 3.05) is 6.54 Å². The second kappa shape index (κ2) is 14.9. The molecule has 0 saturated carbocycles. The molecule has 0 spiro atoms. The molecule has 8 heteroatoms. The molecule has 0 aromatic heterocycles. The summed E-state index contributed by atoms with van der Waals surface area (Å²) in [4.78, 5) is 41.8. The van der Waals surface area contributed by atoms with Crippen LogP contribution in [0.2, 0.25) is 0 Å². The summed E-state index contributed by atoms with van der Waals surface area (Å²) in [6.45, 7) is 10.9. The van der Waals surface area contributed by atoms with Crippen molar-refractivity contribution in [2.24, 2.45) is 0 Å². The lowest BCUT2D eigenvalue weighted by Gasteiger charge is -2.33.